The number of aromatic nitrogens is 1. The van der Waals surface area contributed by atoms with Gasteiger partial charge in [-0.3, -0.25) is 10.4 Å². The minimum Gasteiger partial charge on any atom is -0.278 e. The SMILES string of the molecule is CC(=NNc1ccc(S(C)(=O)=O)cc1)c1ccncc1. The first kappa shape index (κ1) is 14.2. The number of nitrogens with one attached hydrogen (secondary N) is 1. The molecule has 0 amide bonds. The maximum atomic E-state index is 11.3. The normalized spacial score (nSPS) is 12.2. The highest BCUT2D eigenvalue weighted by molar-refractivity contribution is 7.90. The van der Waals surface area contributed by atoms with Gasteiger partial charge in [0, 0.05) is 24.2 Å². The van der Waals surface area contributed by atoms with Crippen molar-refractivity contribution in [2.45, 2.75) is 11.8 Å². The monoisotopic (exact) mass is 289 g/mol. The van der Waals surface area contributed by atoms with E-state index in [1.165, 1.54) is 6.26 Å². The van der Waals surface area contributed by atoms with Crippen molar-refractivity contribution < 1.29 is 8.42 Å². The smallest absolute Gasteiger partial charge is 0.175 e. The minimum absolute atomic E-state index is 0.290. The van der Waals surface area contributed by atoms with Crippen molar-refractivity contribution in [3.8, 4) is 0 Å². The first-order chi connectivity index (χ1) is 9.47. The van der Waals surface area contributed by atoms with Crippen molar-refractivity contribution in [2.24, 2.45) is 5.10 Å². The fourth-order valence-corrected chi connectivity index (χ4v) is 2.21. The van der Waals surface area contributed by atoms with Crippen molar-refractivity contribution in [3.63, 3.8) is 0 Å². The van der Waals surface area contributed by atoms with E-state index in [0.717, 1.165) is 17.0 Å². The van der Waals surface area contributed by atoms with Gasteiger partial charge in [-0.25, -0.2) is 8.42 Å². The highest BCUT2D eigenvalue weighted by atomic mass is 32.2. The Morgan fingerprint density at radius 3 is 2.25 bits per heavy atom. The largest absolute Gasteiger partial charge is 0.278 e. The minimum atomic E-state index is -3.16. The van der Waals surface area contributed by atoms with Crippen LogP contribution in [0.25, 0.3) is 0 Å². The number of hydrogen-bond donors (Lipinski definition) is 1. The average Bonchev–Trinajstić information content (AvgIpc) is 2.45. The summed E-state index contributed by atoms with van der Waals surface area (Å²) in [6.45, 7) is 1.88. The molecule has 5 nitrogen and oxygen atoms in total. The molecule has 1 aromatic heterocycles. The van der Waals surface area contributed by atoms with Gasteiger partial charge in [0.25, 0.3) is 0 Å². The predicted octanol–water partition coefficient (Wildman–Crippen LogP) is 2.32. The Morgan fingerprint density at radius 2 is 1.70 bits per heavy atom. The molecule has 0 aliphatic carbocycles. The predicted molar refractivity (Wildman–Crippen MR) is 79.6 cm³/mol. The van der Waals surface area contributed by atoms with Crippen LogP contribution in [0.5, 0.6) is 0 Å². The molecule has 0 unspecified atom stereocenters. The van der Waals surface area contributed by atoms with Crippen molar-refractivity contribution in [1.29, 1.82) is 0 Å². The number of anilines is 1. The van der Waals surface area contributed by atoms with E-state index in [1.807, 2.05) is 19.1 Å². The van der Waals surface area contributed by atoms with Gasteiger partial charge in [-0.2, -0.15) is 5.10 Å². The van der Waals surface area contributed by atoms with E-state index in [0.29, 0.717) is 0 Å². The van der Waals surface area contributed by atoms with Crippen LogP contribution in [0, 0.1) is 0 Å². The summed E-state index contributed by atoms with van der Waals surface area (Å²) in [6, 6.07) is 10.2. The van der Waals surface area contributed by atoms with E-state index in [4.69, 9.17) is 0 Å². The first-order valence-corrected chi connectivity index (χ1v) is 7.87. The van der Waals surface area contributed by atoms with Crippen LogP contribution in [0.4, 0.5) is 5.69 Å². The summed E-state index contributed by atoms with van der Waals surface area (Å²) < 4.78 is 22.7. The lowest BCUT2D eigenvalue weighted by Crippen LogP contribution is -2.00. The van der Waals surface area contributed by atoms with Gasteiger partial charge in [0.05, 0.1) is 16.3 Å². The molecule has 1 heterocycles. The Kier molecular flexibility index (Phi) is 4.14. The zero-order valence-corrected chi connectivity index (χ0v) is 12.1. The summed E-state index contributed by atoms with van der Waals surface area (Å²) in [5, 5.41) is 4.25. The summed E-state index contributed by atoms with van der Waals surface area (Å²) in [7, 11) is -3.16. The number of hydrazone groups is 1. The summed E-state index contributed by atoms with van der Waals surface area (Å²) in [5.74, 6) is 0. The number of hydrogen-bond acceptors (Lipinski definition) is 5. The van der Waals surface area contributed by atoms with Crippen molar-refractivity contribution >= 4 is 21.2 Å². The van der Waals surface area contributed by atoms with Crippen LogP contribution < -0.4 is 5.43 Å². The fourth-order valence-electron chi connectivity index (χ4n) is 1.58. The summed E-state index contributed by atoms with van der Waals surface area (Å²) >= 11 is 0. The molecule has 6 heteroatoms. The molecule has 0 aliphatic heterocycles. The van der Waals surface area contributed by atoms with E-state index in [9.17, 15) is 8.42 Å². The van der Waals surface area contributed by atoms with Gasteiger partial charge in [0.15, 0.2) is 9.84 Å². The maximum absolute atomic E-state index is 11.3. The molecule has 0 aliphatic rings. The lowest BCUT2D eigenvalue weighted by Gasteiger charge is -2.04. The van der Waals surface area contributed by atoms with Gasteiger partial charge in [0.2, 0.25) is 0 Å². The summed E-state index contributed by atoms with van der Waals surface area (Å²) in [5.41, 5.74) is 5.41. The van der Waals surface area contributed by atoms with Crippen LogP contribution in [0.15, 0.2) is 58.8 Å². The fraction of sp³-hybridized carbons (Fsp3) is 0.143. The zero-order chi connectivity index (χ0) is 14.6. The standard InChI is InChI=1S/C14H15N3O2S/c1-11(12-7-9-15-10-8-12)16-17-13-3-5-14(6-4-13)20(2,18)19/h3-10,17H,1-2H3. The van der Waals surface area contributed by atoms with Crippen LogP contribution in [-0.4, -0.2) is 25.4 Å². The Hall–Kier alpha value is -2.21. The lowest BCUT2D eigenvalue weighted by molar-refractivity contribution is 0.602. The summed E-state index contributed by atoms with van der Waals surface area (Å²) in [4.78, 5) is 4.24. The molecular formula is C14H15N3O2S. The lowest BCUT2D eigenvalue weighted by atomic mass is 10.2. The molecule has 2 rings (SSSR count). The number of benzene rings is 1. The number of rotatable bonds is 4. The van der Waals surface area contributed by atoms with Gasteiger partial charge >= 0.3 is 0 Å². The van der Waals surface area contributed by atoms with E-state index >= 15 is 0 Å². The average molecular weight is 289 g/mol. The van der Waals surface area contributed by atoms with Gasteiger partial charge in [-0.05, 0) is 43.3 Å². The molecule has 0 saturated heterocycles. The second-order valence-corrected chi connectivity index (χ2v) is 6.36. The first-order valence-electron chi connectivity index (χ1n) is 5.97. The van der Waals surface area contributed by atoms with Crippen LogP contribution in [0.3, 0.4) is 0 Å². The van der Waals surface area contributed by atoms with E-state index in [2.05, 4.69) is 15.5 Å². The Labute approximate surface area is 118 Å². The third-order valence-electron chi connectivity index (χ3n) is 2.73. The van der Waals surface area contributed by atoms with Crippen LogP contribution in [-0.2, 0) is 9.84 Å². The highest BCUT2D eigenvalue weighted by Gasteiger charge is 2.05. The van der Waals surface area contributed by atoms with Gasteiger partial charge in [-0.15, -0.1) is 0 Å². The van der Waals surface area contributed by atoms with Crippen molar-refractivity contribution in [3.05, 3.63) is 54.4 Å². The molecule has 0 saturated carbocycles. The van der Waals surface area contributed by atoms with E-state index in [1.54, 1.807) is 36.7 Å². The zero-order valence-electron chi connectivity index (χ0n) is 11.2. The van der Waals surface area contributed by atoms with E-state index < -0.39 is 9.84 Å². The Balaban J connectivity index is 2.12. The van der Waals surface area contributed by atoms with Gasteiger partial charge in [0.1, 0.15) is 0 Å². The molecule has 104 valence electrons. The maximum Gasteiger partial charge on any atom is 0.175 e. The molecule has 0 fully saturated rings. The molecule has 20 heavy (non-hydrogen) atoms. The van der Waals surface area contributed by atoms with Crippen molar-refractivity contribution in [1.82, 2.24) is 4.98 Å². The second kappa shape index (κ2) is 5.83. The number of sulfone groups is 1. The Morgan fingerprint density at radius 1 is 1.10 bits per heavy atom. The number of nitrogens with zero attached hydrogens (tertiary/aromatic N) is 2. The van der Waals surface area contributed by atoms with Crippen LogP contribution in [0.2, 0.25) is 0 Å². The molecule has 1 N–H and O–H groups in total. The molecule has 0 radical (unpaired) electrons. The van der Waals surface area contributed by atoms with Crippen LogP contribution in [0.1, 0.15) is 12.5 Å². The van der Waals surface area contributed by atoms with Crippen molar-refractivity contribution in [2.75, 3.05) is 11.7 Å². The quantitative estimate of drug-likeness (QED) is 0.692. The van der Waals surface area contributed by atoms with Gasteiger partial charge < -0.3 is 0 Å². The topological polar surface area (TPSA) is 71.4 Å². The molecule has 0 atom stereocenters. The second-order valence-electron chi connectivity index (χ2n) is 4.34. The summed E-state index contributed by atoms with van der Waals surface area (Å²) in [6.07, 6.45) is 4.59. The van der Waals surface area contributed by atoms with E-state index in [-0.39, 0.29) is 4.90 Å². The third-order valence-corrected chi connectivity index (χ3v) is 3.86. The molecule has 1 aromatic carbocycles. The van der Waals surface area contributed by atoms with Gasteiger partial charge in [-0.1, -0.05) is 0 Å². The highest BCUT2D eigenvalue weighted by Crippen LogP contribution is 2.14. The molecular weight excluding hydrogens is 274 g/mol. The van der Waals surface area contributed by atoms with Crippen LogP contribution >= 0.6 is 0 Å². The molecule has 2 aromatic rings. The number of pyridine rings is 1. The molecule has 0 spiro atoms. The third kappa shape index (κ3) is 3.64. The molecule has 0 bridgehead atoms. The Bertz CT molecular complexity index is 708.